The maximum Gasteiger partial charge on any atom is 0.411 e. The van der Waals surface area contributed by atoms with E-state index in [4.69, 9.17) is 9.84 Å². The van der Waals surface area contributed by atoms with Gasteiger partial charge in [0.15, 0.2) is 0 Å². The molecule has 0 fully saturated rings. The number of rotatable bonds is 11. The van der Waals surface area contributed by atoms with Crippen molar-refractivity contribution in [1.29, 1.82) is 0 Å². The second-order valence-corrected chi connectivity index (χ2v) is 5.77. The van der Waals surface area contributed by atoms with Crippen molar-refractivity contribution in [3.05, 3.63) is 23.8 Å². The Labute approximate surface area is 161 Å². The van der Waals surface area contributed by atoms with Crippen molar-refractivity contribution in [1.82, 2.24) is 0 Å². The molecule has 25 heavy (non-hydrogen) atoms. The van der Waals surface area contributed by atoms with E-state index in [0.29, 0.717) is 12.3 Å². The molecule has 1 aromatic rings. The Balaban J connectivity index is 0.00000576. The van der Waals surface area contributed by atoms with Gasteiger partial charge in [0.25, 0.3) is 0 Å². The number of nitrogens with one attached hydrogen (secondary N) is 1. The van der Waals surface area contributed by atoms with Crippen LogP contribution in [-0.4, -0.2) is 28.9 Å². The molecule has 0 atom stereocenters. The number of phenols is 1. The predicted molar refractivity (Wildman–Crippen MR) is 92.6 cm³/mol. The second-order valence-electron chi connectivity index (χ2n) is 5.77. The standard InChI is InChI=1S/C18H27NO5.Zn/c1-2-3-4-5-6-7-8-9-12-24-18(23)19-14-10-11-15(17(21)22)16(20)13-14;/h10-11,13,20H,2-9,12H2,1H3,(H,19,23)(H,21,22);. The first-order chi connectivity index (χ1) is 11.5. The summed E-state index contributed by atoms with van der Waals surface area (Å²) in [4.78, 5) is 22.4. The van der Waals surface area contributed by atoms with E-state index in [1.807, 2.05) is 0 Å². The fraction of sp³-hybridized carbons (Fsp3) is 0.556. The number of carbonyl (C=O) groups is 2. The fourth-order valence-electron chi connectivity index (χ4n) is 2.34. The number of unbranched alkanes of at least 4 members (excludes halogenated alkanes) is 7. The van der Waals surface area contributed by atoms with Gasteiger partial charge in [-0.3, -0.25) is 5.32 Å². The third-order valence-corrected chi connectivity index (χ3v) is 3.71. The Hall–Kier alpha value is -1.62. The van der Waals surface area contributed by atoms with E-state index in [0.717, 1.165) is 19.3 Å². The third kappa shape index (κ3) is 10.1. The molecular weight excluding hydrogens is 376 g/mol. The molecule has 0 saturated heterocycles. The topological polar surface area (TPSA) is 95.9 Å². The molecule has 1 rings (SSSR count). The zero-order valence-corrected chi connectivity index (χ0v) is 17.9. The van der Waals surface area contributed by atoms with Gasteiger partial charge in [0, 0.05) is 31.2 Å². The van der Waals surface area contributed by atoms with Crippen LogP contribution in [0.15, 0.2) is 18.2 Å². The van der Waals surface area contributed by atoms with Crippen molar-refractivity contribution >= 4 is 17.7 Å². The number of aromatic carboxylic acids is 1. The van der Waals surface area contributed by atoms with Crippen LogP contribution in [0.5, 0.6) is 5.75 Å². The number of aromatic hydroxyl groups is 1. The van der Waals surface area contributed by atoms with Gasteiger partial charge < -0.3 is 14.9 Å². The van der Waals surface area contributed by atoms with E-state index in [-0.39, 0.29) is 25.0 Å². The summed E-state index contributed by atoms with van der Waals surface area (Å²) in [6, 6.07) is 3.81. The molecule has 0 heterocycles. The zero-order chi connectivity index (χ0) is 17.8. The molecule has 1 amide bonds. The van der Waals surface area contributed by atoms with Gasteiger partial charge in [-0.25, -0.2) is 9.59 Å². The Kier molecular flexibility index (Phi) is 12.8. The van der Waals surface area contributed by atoms with Crippen LogP contribution in [0.1, 0.15) is 68.6 Å². The maximum absolute atomic E-state index is 11.6. The van der Waals surface area contributed by atoms with E-state index < -0.39 is 17.8 Å². The van der Waals surface area contributed by atoms with Crippen LogP contribution in [-0.2, 0) is 24.2 Å². The van der Waals surface area contributed by atoms with Crippen molar-refractivity contribution in [3.63, 3.8) is 0 Å². The van der Waals surface area contributed by atoms with Crippen LogP contribution in [0.2, 0.25) is 0 Å². The van der Waals surface area contributed by atoms with E-state index >= 15 is 0 Å². The van der Waals surface area contributed by atoms with Crippen LogP contribution < -0.4 is 5.32 Å². The van der Waals surface area contributed by atoms with Gasteiger partial charge in [0.2, 0.25) is 0 Å². The summed E-state index contributed by atoms with van der Waals surface area (Å²) in [7, 11) is 0. The van der Waals surface area contributed by atoms with Gasteiger partial charge in [-0.05, 0) is 18.6 Å². The van der Waals surface area contributed by atoms with Crippen molar-refractivity contribution in [2.75, 3.05) is 11.9 Å². The molecule has 3 N–H and O–H groups in total. The van der Waals surface area contributed by atoms with Crippen LogP contribution in [0.4, 0.5) is 10.5 Å². The zero-order valence-electron chi connectivity index (χ0n) is 14.9. The molecule has 0 saturated carbocycles. The normalized spacial score (nSPS) is 9.96. The van der Waals surface area contributed by atoms with Crippen molar-refractivity contribution in [2.24, 2.45) is 0 Å². The molecule has 0 aliphatic rings. The summed E-state index contributed by atoms with van der Waals surface area (Å²) in [6.45, 7) is 2.55. The van der Waals surface area contributed by atoms with Crippen LogP contribution >= 0.6 is 0 Å². The molecular formula is C18H27NO5Zn. The van der Waals surface area contributed by atoms with Crippen LogP contribution in [0.3, 0.4) is 0 Å². The molecule has 1 aromatic carbocycles. The molecule has 0 unspecified atom stereocenters. The molecule has 136 valence electrons. The van der Waals surface area contributed by atoms with E-state index in [1.165, 1.54) is 50.3 Å². The minimum atomic E-state index is -1.23. The smallest absolute Gasteiger partial charge is 0.411 e. The first-order valence-corrected chi connectivity index (χ1v) is 8.54. The van der Waals surface area contributed by atoms with Gasteiger partial charge in [0.05, 0.1) is 6.61 Å². The molecule has 0 spiro atoms. The number of benzene rings is 1. The van der Waals surface area contributed by atoms with Gasteiger partial charge in [0.1, 0.15) is 11.3 Å². The Morgan fingerprint density at radius 1 is 1.04 bits per heavy atom. The maximum atomic E-state index is 11.6. The van der Waals surface area contributed by atoms with E-state index in [1.54, 1.807) is 0 Å². The first kappa shape index (κ1) is 23.4. The average molecular weight is 403 g/mol. The second kappa shape index (κ2) is 13.6. The van der Waals surface area contributed by atoms with Crippen molar-refractivity contribution in [3.8, 4) is 5.75 Å². The monoisotopic (exact) mass is 401 g/mol. The molecule has 0 aromatic heterocycles. The number of hydrogen-bond acceptors (Lipinski definition) is 4. The number of anilines is 1. The summed E-state index contributed by atoms with van der Waals surface area (Å²) in [6.07, 6.45) is 8.74. The van der Waals surface area contributed by atoms with Crippen molar-refractivity contribution in [2.45, 2.75) is 58.3 Å². The number of carbonyl (C=O) groups excluding carboxylic acids is 1. The molecule has 0 bridgehead atoms. The van der Waals surface area contributed by atoms with Crippen LogP contribution in [0, 0.1) is 0 Å². The summed E-state index contributed by atoms with van der Waals surface area (Å²) in [5, 5.41) is 20.8. The number of ether oxygens (including phenoxy) is 1. The van der Waals surface area contributed by atoms with Crippen LogP contribution in [0.25, 0.3) is 0 Å². The van der Waals surface area contributed by atoms with Gasteiger partial charge in [-0.1, -0.05) is 51.9 Å². The summed E-state index contributed by atoms with van der Waals surface area (Å²) < 4.78 is 5.06. The Morgan fingerprint density at radius 2 is 1.64 bits per heavy atom. The summed E-state index contributed by atoms with van der Waals surface area (Å²) in [5.41, 5.74) is 0.0753. The van der Waals surface area contributed by atoms with Gasteiger partial charge in [-0.2, -0.15) is 0 Å². The number of hydrogen-bond donors (Lipinski definition) is 3. The molecule has 6 nitrogen and oxygen atoms in total. The number of carboxylic acids is 1. The minimum absolute atomic E-state index is 0. The number of carboxylic acid groups (broad SMARTS) is 1. The predicted octanol–water partition coefficient (Wildman–Crippen LogP) is 4.78. The summed E-state index contributed by atoms with van der Waals surface area (Å²) >= 11 is 0. The quantitative estimate of drug-likeness (QED) is 0.366. The molecule has 0 aliphatic heterocycles. The molecule has 0 radical (unpaired) electrons. The fourth-order valence-corrected chi connectivity index (χ4v) is 2.34. The number of amides is 1. The Morgan fingerprint density at radius 3 is 2.20 bits per heavy atom. The average Bonchev–Trinajstić information content (AvgIpc) is 2.53. The summed E-state index contributed by atoms with van der Waals surface area (Å²) in [5.74, 6) is -1.63. The first-order valence-electron chi connectivity index (χ1n) is 8.54. The third-order valence-electron chi connectivity index (χ3n) is 3.71. The van der Waals surface area contributed by atoms with Crippen molar-refractivity contribution < 1.29 is 44.0 Å². The SMILES string of the molecule is CCCCCCCCCCOC(=O)Nc1ccc(C(=O)O)c(O)c1.[Zn]. The van der Waals surface area contributed by atoms with Gasteiger partial charge in [-0.15, -0.1) is 0 Å². The van der Waals surface area contributed by atoms with E-state index in [2.05, 4.69) is 12.2 Å². The molecule has 0 aliphatic carbocycles. The van der Waals surface area contributed by atoms with E-state index in [9.17, 15) is 14.7 Å². The molecule has 7 heteroatoms. The minimum Gasteiger partial charge on any atom is -0.507 e. The Bertz CT molecular complexity index is 536. The van der Waals surface area contributed by atoms with Gasteiger partial charge >= 0.3 is 12.1 Å². The largest absolute Gasteiger partial charge is 0.507 e.